The lowest BCUT2D eigenvalue weighted by Gasteiger charge is -2.05. The Hall–Kier alpha value is -2.14. The normalized spacial score (nSPS) is 12.2. The fraction of sp³-hybridized carbons (Fsp3) is 0.286. The molecule has 1 amide bonds. The van der Waals surface area contributed by atoms with Crippen LogP contribution in [0.1, 0.15) is 19.4 Å². The first-order chi connectivity index (χ1) is 9.02. The van der Waals surface area contributed by atoms with Crippen LogP contribution in [0.3, 0.4) is 0 Å². The van der Waals surface area contributed by atoms with Crippen molar-refractivity contribution in [1.29, 1.82) is 0 Å². The van der Waals surface area contributed by atoms with Gasteiger partial charge in [0.05, 0.1) is 6.61 Å². The van der Waals surface area contributed by atoms with Gasteiger partial charge in [0.1, 0.15) is 0 Å². The van der Waals surface area contributed by atoms with E-state index >= 15 is 0 Å². The number of esters is 1. The molecule has 0 aliphatic heterocycles. The van der Waals surface area contributed by atoms with Crippen molar-refractivity contribution in [3.05, 3.63) is 35.9 Å². The minimum absolute atomic E-state index is 0.130. The van der Waals surface area contributed by atoms with Gasteiger partial charge in [-0.2, -0.15) is 0 Å². The highest BCUT2D eigenvalue weighted by Gasteiger charge is 2.10. The summed E-state index contributed by atoms with van der Waals surface area (Å²) in [7, 11) is 0. The van der Waals surface area contributed by atoms with Crippen LogP contribution in [0.15, 0.2) is 30.3 Å². The highest BCUT2D eigenvalue weighted by atomic mass is 16.5. The Labute approximate surface area is 112 Å². The smallest absolute Gasteiger partial charge is 0.330 e. The van der Waals surface area contributed by atoms with Crippen molar-refractivity contribution >= 4 is 23.6 Å². The molecule has 0 aliphatic carbocycles. The van der Waals surface area contributed by atoms with E-state index < -0.39 is 0 Å². The van der Waals surface area contributed by atoms with Crippen LogP contribution < -0.4 is 11.1 Å². The van der Waals surface area contributed by atoms with Gasteiger partial charge in [0.2, 0.25) is 0 Å². The summed E-state index contributed by atoms with van der Waals surface area (Å²) in [5.74, 6) is -0.499. The Bertz CT molecular complexity index is 464. The van der Waals surface area contributed by atoms with E-state index in [1.165, 1.54) is 6.08 Å². The molecular weight excluding hydrogens is 244 g/mol. The van der Waals surface area contributed by atoms with Crippen molar-refractivity contribution in [1.82, 2.24) is 0 Å². The lowest BCUT2D eigenvalue weighted by atomic mass is 10.2. The van der Waals surface area contributed by atoms with E-state index in [0.717, 1.165) is 5.56 Å². The molecule has 5 nitrogen and oxygen atoms in total. The molecule has 0 aromatic heterocycles. The Morgan fingerprint density at radius 1 is 1.37 bits per heavy atom. The van der Waals surface area contributed by atoms with E-state index in [-0.39, 0.29) is 17.9 Å². The van der Waals surface area contributed by atoms with Crippen LogP contribution in [0.5, 0.6) is 0 Å². The quantitative estimate of drug-likeness (QED) is 0.609. The molecular formula is C14H19N2O3+. The number of quaternary nitrogens is 1. The largest absolute Gasteiger partial charge is 0.463 e. The van der Waals surface area contributed by atoms with Crippen molar-refractivity contribution in [3.8, 4) is 0 Å². The number of hydrogen-bond acceptors (Lipinski definition) is 3. The van der Waals surface area contributed by atoms with E-state index in [4.69, 9.17) is 4.74 Å². The van der Waals surface area contributed by atoms with Crippen LogP contribution in [0.25, 0.3) is 6.08 Å². The van der Waals surface area contributed by atoms with Crippen molar-refractivity contribution in [2.75, 3.05) is 11.9 Å². The van der Waals surface area contributed by atoms with Crippen LogP contribution in [0, 0.1) is 0 Å². The highest BCUT2D eigenvalue weighted by molar-refractivity contribution is 5.93. The summed E-state index contributed by atoms with van der Waals surface area (Å²) < 4.78 is 4.78. The molecule has 1 atom stereocenters. The molecule has 5 heteroatoms. The van der Waals surface area contributed by atoms with Crippen molar-refractivity contribution in [2.45, 2.75) is 19.9 Å². The van der Waals surface area contributed by atoms with Crippen LogP contribution in [0.2, 0.25) is 0 Å². The molecule has 0 aliphatic rings. The molecule has 0 radical (unpaired) electrons. The summed E-state index contributed by atoms with van der Waals surface area (Å²) in [4.78, 5) is 22.6. The maximum Gasteiger partial charge on any atom is 0.330 e. The van der Waals surface area contributed by atoms with Crippen molar-refractivity contribution < 1.29 is 20.1 Å². The van der Waals surface area contributed by atoms with Gasteiger partial charge in [0.25, 0.3) is 5.91 Å². The number of nitrogens with one attached hydrogen (secondary N) is 1. The zero-order chi connectivity index (χ0) is 14.3. The predicted molar refractivity (Wildman–Crippen MR) is 73.1 cm³/mol. The zero-order valence-electron chi connectivity index (χ0n) is 11.2. The first-order valence-corrected chi connectivity index (χ1v) is 6.11. The predicted octanol–water partition coefficient (Wildman–Crippen LogP) is 0.832. The summed E-state index contributed by atoms with van der Waals surface area (Å²) in [5.41, 5.74) is 5.20. The molecule has 4 N–H and O–H groups in total. The molecule has 0 saturated carbocycles. The first kappa shape index (κ1) is 14.9. The maximum atomic E-state index is 11.4. The summed E-state index contributed by atoms with van der Waals surface area (Å²) in [6.45, 7) is 3.84. The van der Waals surface area contributed by atoms with Gasteiger partial charge >= 0.3 is 5.97 Å². The summed E-state index contributed by atoms with van der Waals surface area (Å²) in [5, 5.41) is 2.74. The lowest BCUT2D eigenvalue weighted by Crippen LogP contribution is -2.64. The average Bonchev–Trinajstić information content (AvgIpc) is 2.38. The van der Waals surface area contributed by atoms with Crippen LogP contribution in [-0.4, -0.2) is 24.5 Å². The number of hydrogen-bond donors (Lipinski definition) is 2. The minimum atomic E-state index is -0.370. The van der Waals surface area contributed by atoms with Crippen molar-refractivity contribution in [2.24, 2.45) is 0 Å². The monoisotopic (exact) mass is 263 g/mol. The van der Waals surface area contributed by atoms with Gasteiger partial charge in [-0.3, -0.25) is 4.79 Å². The third kappa shape index (κ3) is 5.35. The molecule has 1 aromatic carbocycles. The second-order valence-electron chi connectivity index (χ2n) is 4.10. The number of anilines is 1. The number of carbonyl (C=O) groups excluding carboxylic acids is 2. The maximum absolute atomic E-state index is 11.4. The van der Waals surface area contributed by atoms with Gasteiger partial charge in [0.15, 0.2) is 6.04 Å². The second-order valence-corrected chi connectivity index (χ2v) is 4.10. The standard InChI is InChI=1S/C14H18N2O3/c1-3-19-13(17)9-6-11-4-7-12(8-5-11)16-14(18)10(2)15/h4-10H,3,15H2,1-2H3,(H,16,18)/p+1/t10-/m1/s1. The third-order valence-electron chi connectivity index (χ3n) is 2.32. The molecule has 0 unspecified atom stereocenters. The Kier molecular flexibility index (Phi) is 5.75. The first-order valence-electron chi connectivity index (χ1n) is 6.11. The molecule has 0 spiro atoms. The van der Waals surface area contributed by atoms with Crippen LogP contribution >= 0.6 is 0 Å². The Morgan fingerprint density at radius 2 is 2.00 bits per heavy atom. The van der Waals surface area contributed by atoms with Gasteiger partial charge < -0.3 is 15.8 Å². The topological polar surface area (TPSA) is 83.0 Å². The van der Waals surface area contributed by atoms with Gasteiger partial charge in [-0.1, -0.05) is 12.1 Å². The second kappa shape index (κ2) is 7.33. The van der Waals surface area contributed by atoms with E-state index in [1.54, 1.807) is 44.2 Å². The fourth-order valence-electron chi connectivity index (χ4n) is 1.30. The summed E-state index contributed by atoms with van der Waals surface area (Å²) in [6, 6.07) is 6.84. The number of rotatable bonds is 5. The van der Waals surface area contributed by atoms with Crippen LogP contribution in [0.4, 0.5) is 5.69 Å². The van der Waals surface area contributed by atoms with E-state index in [9.17, 15) is 9.59 Å². The van der Waals surface area contributed by atoms with Gasteiger partial charge in [-0.15, -0.1) is 0 Å². The number of carbonyl (C=O) groups is 2. The minimum Gasteiger partial charge on any atom is -0.463 e. The molecule has 19 heavy (non-hydrogen) atoms. The van der Waals surface area contributed by atoms with Crippen molar-refractivity contribution in [3.63, 3.8) is 0 Å². The third-order valence-corrected chi connectivity index (χ3v) is 2.32. The fourth-order valence-corrected chi connectivity index (χ4v) is 1.30. The van der Waals surface area contributed by atoms with E-state index in [2.05, 4.69) is 11.1 Å². The van der Waals surface area contributed by atoms with Gasteiger partial charge in [-0.05, 0) is 37.6 Å². The molecule has 0 fully saturated rings. The number of amides is 1. The van der Waals surface area contributed by atoms with Gasteiger partial charge in [0, 0.05) is 11.8 Å². The lowest BCUT2D eigenvalue weighted by molar-refractivity contribution is -0.396. The summed E-state index contributed by atoms with van der Waals surface area (Å²) in [6.07, 6.45) is 3.03. The highest BCUT2D eigenvalue weighted by Crippen LogP contribution is 2.11. The molecule has 1 rings (SSSR count). The molecule has 0 heterocycles. The van der Waals surface area contributed by atoms with E-state index in [0.29, 0.717) is 12.3 Å². The molecule has 0 saturated heterocycles. The Morgan fingerprint density at radius 3 is 2.53 bits per heavy atom. The molecule has 102 valence electrons. The SMILES string of the molecule is CCOC(=O)C=Cc1ccc(NC(=O)[C@@H](C)[NH3+])cc1. The van der Waals surface area contributed by atoms with Gasteiger partial charge in [-0.25, -0.2) is 4.79 Å². The Balaban J connectivity index is 2.61. The van der Waals surface area contributed by atoms with E-state index in [1.807, 2.05) is 0 Å². The van der Waals surface area contributed by atoms with Crippen LogP contribution in [-0.2, 0) is 14.3 Å². The number of benzene rings is 1. The number of ether oxygens (including phenoxy) is 1. The average molecular weight is 263 g/mol. The zero-order valence-corrected chi connectivity index (χ0v) is 11.2. The molecule has 1 aromatic rings. The molecule has 0 bridgehead atoms. The summed E-state index contributed by atoms with van der Waals surface area (Å²) >= 11 is 0.